The van der Waals surface area contributed by atoms with E-state index >= 15 is 0 Å². The van der Waals surface area contributed by atoms with Crippen LogP contribution in [0.1, 0.15) is 20.8 Å². The van der Waals surface area contributed by atoms with Crippen LogP contribution in [0.25, 0.3) is 12.2 Å². The van der Waals surface area contributed by atoms with Gasteiger partial charge in [0.15, 0.2) is 0 Å². The zero-order chi connectivity index (χ0) is 11.3. The van der Waals surface area contributed by atoms with Crippen molar-refractivity contribution in [1.29, 1.82) is 0 Å². The van der Waals surface area contributed by atoms with Crippen LogP contribution in [-0.4, -0.2) is 0 Å². The van der Waals surface area contributed by atoms with Crippen molar-refractivity contribution in [2.45, 2.75) is 20.8 Å². The molecule has 0 amide bonds. The van der Waals surface area contributed by atoms with Crippen LogP contribution in [0.5, 0.6) is 0 Å². The fourth-order valence-corrected chi connectivity index (χ4v) is 1.49. The van der Waals surface area contributed by atoms with Gasteiger partial charge in [0.2, 0.25) is 0 Å². The lowest BCUT2D eigenvalue weighted by Gasteiger charge is -2.04. The average molecular weight is 201 g/mol. The van der Waals surface area contributed by atoms with Crippen LogP contribution in [0.4, 0.5) is 0 Å². The Kier molecular flexibility index (Phi) is 4.17. The Morgan fingerprint density at radius 1 is 1.20 bits per heavy atom. The van der Waals surface area contributed by atoms with Gasteiger partial charge in [0.1, 0.15) is 0 Å². The Labute approximate surface area is 91.6 Å². The molecule has 1 aromatic rings. The van der Waals surface area contributed by atoms with Gasteiger partial charge in [-0.15, -0.1) is 0 Å². The number of rotatable bonds is 2. The summed E-state index contributed by atoms with van der Waals surface area (Å²) in [4.78, 5) is 0. The van der Waals surface area contributed by atoms with Gasteiger partial charge in [-0.1, -0.05) is 44.2 Å². The first-order valence-electron chi connectivity index (χ1n) is 5.34. The standard InChI is InChI=1S/C14H19N/c1-4-12-7-5-6-8-13(12)9-14(10-15)11(2)3/h4-11H,15H2,1-3H3/b12-4-,13-9-,14-10+. The third kappa shape index (κ3) is 2.98. The molecular formula is C14H19N. The summed E-state index contributed by atoms with van der Waals surface area (Å²) in [5, 5.41) is 2.47. The zero-order valence-corrected chi connectivity index (χ0v) is 9.70. The fourth-order valence-electron chi connectivity index (χ4n) is 1.49. The quantitative estimate of drug-likeness (QED) is 0.775. The van der Waals surface area contributed by atoms with Crippen molar-refractivity contribution in [2.75, 3.05) is 0 Å². The number of allylic oxidation sites excluding steroid dienone is 1. The van der Waals surface area contributed by atoms with Crippen LogP contribution in [0, 0.1) is 5.92 Å². The maximum atomic E-state index is 5.61. The molecule has 0 bridgehead atoms. The molecule has 1 rings (SSSR count). The first-order chi connectivity index (χ1) is 7.19. The molecule has 0 aliphatic rings. The van der Waals surface area contributed by atoms with Crippen LogP contribution in [0.15, 0.2) is 36.0 Å². The number of hydrogen-bond acceptors (Lipinski definition) is 1. The van der Waals surface area contributed by atoms with Crippen LogP contribution >= 0.6 is 0 Å². The Bertz CT molecular complexity index is 452. The smallest absolute Gasteiger partial charge is 0.00268 e. The van der Waals surface area contributed by atoms with Gasteiger partial charge in [-0.25, -0.2) is 0 Å². The topological polar surface area (TPSA) is 26.0 Å². The van der Waals surface area contributed by atoms with E-state index in [0.717, 1.165) is 0 Å². The van der Waals surface area contributed by atoms with Gasteiger partial charge >= 0.3 is 0 Å². The van der Waals surface area contributed by atoms with E-state index in [2.05, 4.69) is 38.1 Å². The van der Waals surface area contributed by atoms with Crippen molar-refractivity contribution in [2.24, 2.45) is 11.7 Å². The summed E-state index contributed by atoms with van der Waals surface area (Å²) in [6.07, 6.45) is 5.96. The van der Waals surface area contributed by atoms with E-state index < -0.39 is 0 Å². The number of benzene rings is 1. The molecule has 1 heteroatoms. The van der Waals surface area contributed by atoms with Gasteiger partial charge in [-0.3, -0.25) is 0 Å². The molecule has 0 aromatic heterocycles. The summed E-state index contributed by atoms with van der Waals surface area (Å²) in [6, 6.07) is 8.32. The third-order valence-corrected chi connectivity index (χ3v) is 2.49. The summed E-state index contributed by atoms with van der Waals surface area (Å²) in [7, 11) is 0. The monoisotopic (exact) mass is 201 g/mol. The molecule has 0 aliphatic heterocycles. The molecule has 1 nitrogen and oxygen atoms in total. The van der Waals surface area contributed by atoms with Crippen LogP contribution in [0.2, 0.25) is 0 Å². The second kappa shape index (κ2) is 5.40. The molecule has 0 atom stereocenters. The largest absolute Gasteiger partial charge is 0.404 e. The molecule has 0 saturated carbocycles. The summed E-state index contributed by atoms with van der Waals surface area (Å²) in [6.45, 7) is 6.34. The molecule has 2 N–H and O–H groups in total. The normalized spacial score (nSPS) is 15.1. The first-order valence-corrected chi connectivity index (χ1v) is 5.34. The molecule has 0 unspecified atom stereocenters. The molecule has 0 radical (unpaired) electrons. The van der Waals surface area contributed by atoms with Crippen LogP contribution in [-0.2, 0) is 0 Å². The van der Waals surface area contributed by atoms with E-state index in [0.29, 0.717) is 5.92 Å². The van der Waals surface area contributed by atoms with Crippen molar-refractivity contribution < 1.29 is 0 Å². The van der Waals surface area contributed by atoms with Gasteiger partial charge in [0.05, 0.1) is 0 Å². The Morgan fingerprint density at radius 3 is 2.27 bits per heavy atom. The molecule has 0 aliphatic carbocycles. The minimum Gasteiger partial charge on any atom is -0.404 e. The lowest BCUT2D eigenvalue weighted by atomic mass is 10.0. The molecular weight excluding hydrogens is 182 g/mol. The van der Waals surface area contributed by atoms with E-state index in [1.54, 1.807) is 6.20 Å². The minimum absolute atomic E-state index is 0.458. The van der Waals surface area contributed by atoms with E-state index in [1.165, 1.54) is 16.0 Å². The third-order valence-electron chi connectivity index (χ3n) is 2.49. The Balaban J connectivity index is 3.33. The van der Waals surface area contributed by atoms with Crippen molar-refractivity contribution in [3.05, 3.63) is 46.5 Å². The molecule has 15 heavy (non-hydrogen) atoms. The lowest BCUT2D eigenvalue weighted by Crippen LogP contribution is -2.23. The predicted molar refractivity (Wildman–Crippen MR) is 67.4 cm³/mol. The summed E-state index contributed by atoms with van der Waals surface area (Å²) < 4.78 is 0. The van der Waals surface area contributed by atoms with Crippen LogP contribution in [0.3, 0.4) is 0 Å². The van der Waals surface area contributed by atoms with Crippen molar-refractivity contribution in [1.82, 2.24) is 0 Å². The van der Waals surface area contributed by atoms with Gasteiger partial charge in [-0.05, 0) is 41.1 Å². The number of nitrogens with two attached hydrogens (primary N) is 1. The maximum Gasteiger partial charge on any atom is -0.00268 e. The molecule has 0 spiro atoms. The predicted octanol–water partition coefficient (Wildman–Crippen LogP) is 1.77. The van der Waals surface area contributed by atoms with E-state index in [1.807, 2.05) is 19.1 Å². The lowest BCUT2D eigenvalue weighted by molar-refractivity contribution is 0.798. The van der Waals surface area contributed by atoms with E-state index in [-0.39, 0.29) is 0 Å². The SMILES string of the molecule is C/C=c1/cccc/c1=C/C(=C\N)C(C)C. The van der Waals surface area contributed by atoms with Crippen molar-refractivity contribution in [3.8, 4) is 0 Å². The Hall–Kier alpha value is -1.50. The summed E-state index contributed by atoms with van der Waals surface area (Å²) in [5.41, 5.74) is 6.78. The minimum atomic E-state index is 0.458. The van der Waals surface area contributed by atoms with Crippen molar-refractivity contribution >= 4 is 12.2 Å². The van der Waals surface area contributed by atoms with Gasteiger partial charge in [0, 0.05) is 0 Å². The highest BCUT2D eigenvalue weighted by molar-refractivity contribution is 5.48. The highest BCUT2D eigenvalue weighted by Gasteiger charge is 1.97. The van der Waals surface area contributed by atoms with Gasteiger partial charge in [0.25, 0.3) is 0 Å². The van der Waals surface area contributed by atoms with E-state index in [4.69, 9.17) is 5.73 Å². The Morgan fingerprint density at radius 2 is 1.80 bits per heavy atom. The maximum absolute atomic E-state index is 5.61. The molecule has 1 aromatic carbocycles. The first kappa shape index (κ1) is 11.6. The molecule has 0 fully saturated rings. The highest BCUT2D eigenvalue weighted by atomic mass is 14.5. The number of hydrogen-bond donors (Lipinski definition) is 1. The van der Waals surface area contributed by atoms with Gasteiger partial charge < -0.3 is 5.73 Å². The average Bonchev–Trinajstić information content (AvgIpc) is 2.25. The van der Waals surface area contributed by atoms with Crippen molar-refractivity contribution in [3.63, 3.8) is 0 Å². The fraction of sp³-hybridized carbons (Fsp3) is 0.286. The highest BCUT2D eigenvalue weighted by Crippen LogP contribution is 2.08. The summed E-state index contributed by atoms with van der Waals surface area (Å²) >= 11 is 0. The van der Waals surface area contributed by atoms with Crippen LogP contribution < -0.4 is 16.2 Å². The second-order valence-electron chi connectivity index (χ2n) is 3.88. The molecule has 80 valence electrons. The second-order valence-corrected chi connectivity index (χ2v) is 3.88. The van der Waals surface area contributed by atoms with Gasteiger partial charge in [-0.2, -0.15) is 0 Å². The zero-order valence-electron chi connectivity index (χ0n) is 9.70. The molecule has 0 heterocycles. The molecule has 0 saturated heterocycles. The summed E-state index contributed by atoms with van der Waals surface area (Å²) in [5.74, 6) is 0.458. The van der Waals surface area contributed by atoms with E-state index in [9.17, 15) is 0 Å².